The maximum Gasteiger partial charge on any atom is 0.243 e. The lowest BCUT2D eigenvalue weighted by atomic mass is 9.53. The molecule has 0 amide bonds. The molecule has 0 aromatic heterocycles. The van der Waals surface area contributed by atoms with E-state index < -0.39 is 28.6 Å². The molecule has 138 valence electrons. The Morgan fingerprint density at radius 3 is 2.19 bits per heavy atom. The van der Waals surface area contributed by atoms with E-state index in [0.29, 0.717) is 12.0 Å². The van der Waals surface area contributed by atoms with Crippen molar-refractivity contribution in [1.29, 1.82) is 21.2 Å². The number of rotatable bonds is 3. The van der Waals surface area contributed by atoms with Crippen LogP contribution in [0, 0.1) is 69.0 Å². The van der Waals surface area contributed by atoms with Crippen molar-refractivity contribution in [3.8, 4) is 18.2 Å². The highest BCUT2D eigenvalue weighted by Gasteiger charge is 2.79. The number of nitrogens with zero attached hydrogens (tertiary/aromatic N) is 3. The fraction of sp³-hybridized carbons (Fsp3) is 0.524. The van der Waals surface area contributed by atoms with Gasteiger partial charge in [-0.3, -0.25) is 5.41 Å². The third-order valence-electron chi connectivity index (χ3n) is 5.92. The minimum Gasteiger partial charge on any atom is -0.443 e. The zero-order chi connectivity index (χ0) is 20.0. The predicted molar refractivity (Wildman–Crippen MR) is 96.9 cm³/mol. The van der Waals surface area contributed by atoms with Gasteiger partial charge in [0.05, 0.1) is 30.2 Å². The first-order valence-electron chi connectivity index (χ1n) is 9.00. The van der Waals surface area contributed by atoms with E-state index in [0.717, 1.165) is 5.56 Å². The van der Waals surface area contributed by atoms with E-state index in [-0.39, 0.29) is 11.8 Å². The molecule has 2 fully saturated rings. The van der Waals surface area contributed by atoms with Crippen LogP contribution in [0.25, 0.3) is 0 Å². The minimum absolute atomic E-state index is 0.129. The lowest BCUT2D eigenvalue weighted by Crippen LogP contribution is -2.61. The van der Waals surface area contributed by atoms with Crippen LogP contribution in [0.4, 0.5) is 0 Å². The lowest BCUT2D eigenvalue weighted by Gasteiger charge is -2.49. The van der Waals surface area contributed by atoms with Crippen LogP contribution in [0.15, 0.2) is 24.3 Å². The van der Waals surface area contributed by atoms with Gasteiger partial charge < -0.3 is 9.47 Å². The highest BCUT2D eigenvalue weighted by atomic mass is 16.7. The summed E-state index contributed by atoms with van der Waals surface area (Å²) < 4.78 is 12.3. The van der Waals surface area contributed by atoms with E-state index in [1.165, 1.54) is 0 Å². The molecule has 0 aliphatic carbocycles. The van der Waals surface area contributed by atoms with Crippen molar-refractivity contribution in [2.24, 2.45) is 22.7 Å². The normalized spacial score (nSPS) is 33.6. The Morgan fingerprint density at radius 1 is 1.11 bits per heavy atom. The number of hydrogen-bond acceptors (Lipinski definition) is 6. The molecule has 4 atom stereocenters. The van der Waals surface area contributed by atoms with Crippen molar-refractivity contribution < 1.29 is 9.47 Å². The van der Waals surface area contributed by atoms with Crippen LogP contribution in [-0.2, 0) is 15.3 Å². The van der Waals surface area contributed by atoms with E-state index in [2.05, 4.69) is 18.2 Å². The summed E-state index contributed by atoms with van der Waals surface area (Å²) in [7, 11) is 0. The summed E-state index contributed by atoms with van der Waals surface area (Å²) in [6.07, 6.45) is -0.450. The molecule has 1 aromatic rings. The summed E-state index contributed by atoms with van der Waals surface area (Å²) >= 11 is 0. The summed E-state index contributed by atoms with van der Waals surface area (Å²) in [5.74, 6) is -2.30. The highest BCUT2D eigenvalue weighted by Crippen LogP contribution is 2.66. The maximum atomic E-state index is 10.1. The number of ether oxygens (including phenoxy) is 2. The number of aryl methyl sites for hydroxylation is 1. The first-order valence-corrected chi connectivity index (χ1v) is 9.00. The zero-order valence-corrected chi connectivity index (χ0v) is 15.9. The topological polar surface area (TPSA) is 114 Å². The molecule has 2 aliphatic heterocycles. The number of nitrogens with one attached hydrogen (secondary N) is 1. The lowest BCUT2D eigenvalue weighted by molar-refractivity contribution is -0.288. The molecule has 2 heterocycles. The largest absolute Gasteiger partial charge is 0.443 e. The number of benzene rings is 1. The molecule has 6 nitrogen and oxygen atoms in total. The van der Waals surface area contributed by atoms with Gasteiger partial charge in [-0.2, -0.15) is 15.8 Å². The van der Waals surface area contributed by atoms with E-state index in [1.807, 2.05) is 45.0 Å². The van der Waals surface area contributed by atoms with Crippen LogP contribution in [0.2, 0.25) is 0 Å². The van der Waals surface area contributed by atoms with Crippen molar-refractivity contribution in [2.75, 3.05) is 0 Å². The van der Waals surface area contributed by atoms with Gasteiger partial charge in [-0.05, 0) is 19.3 Å². The molecule has 27 heavy (non-hydrogen) atoms. The van der Waals surface area contributed by atoms with Crippen LogP contribution < -0.4 is 0 Å². The molecule has 3 rings (SSSR count). The van der Waals surface area contributed by atoms with Gasteiger partial charge in [-0.15, -0.1) is 0 Å². The van der Waals surface area contributed by atoms with E-state index in [9.17, 15) is 15.8 Å². The van der Waals surface area contributed by atoms with Gasteiger partial charge in [0, 0.05) is 5.56 Å². The summed E-state index contributed by atoms with van der Waals surface area (Å²) in [5.41, 5.74) is -1.77. The predicted octanol–water partition coefficient (Wildman–Crippen LogP) is 3.78. The molecule has 1 N–H and O–H groups in total. The average molecular weight is 362 g/mol. The van der Waals surface area contributed by atoms with Crippen molar-refractivity contribution >= 4 is 5.90 Å². The van der Waals surface area contributed by atoms with Crippen LogP contribution >= 0.6 is 0 Å². The number of fused-ring (bicyclic) bond motifs is 2. The van der Waals surface area contributed by atoms with Gasteiger partial charge >= 0.3 is 0 Å². The van der Waals surface area contributed by atoms with Crippen molar-refractivity contribution in [3.05, 3.63) is 35.4 Å². The molecule has 0 saturated carbocycles. The summed E-state index contributed by atoms with van der Waals surface area (Å²) in [5, 5.41) is 38.6. The van der Waals surface area contributed by atoms with E-state index >= 15 is 0 Å². The molecular weight excluding hydrogens is 340 g/mol. The molecule has 0 spiro atoms. The van der Waals surface area contributed by atoms with Gasteiger partial charge in [0.2, 0.25) is 11.7 Å². The first-order chi connectivity index (χ1) is 12.7. The third-order valence-corrected chi connectivity index (χ3v) is 5.92. The average Bonchev–Trinajstić information content (AvgIpc) is 2.79. The molecule has 1 aromatic carbocycles. The Bertz CT molecular complexity index is 888. The van der Waals surface area contributed by atoms with Crippen LogP contribution in [-0.4, -0.2) is 12.0 Å². The fourth-order valence-corrected chi connectivity index (χ4v) is 4.40. The quantitative estimate of drug-likeness (QED) is 0.879. The van der Waals surface area contributed by atoms with Crippen molar-refractivity contribution in [3.63, 3.8) is 0 Å². The monoisotopic (exact) mass is 362 g/mol. The van der Waals surface area contributed by atoms with Gasteiger partial charge in [0.1, 0.15) is 0 Å². The van der Waals surface area contributed by atoms with Crippen LogP contribution in [0.5, 0.6) is 0 Å². The van der Waals surface area contributed by atoms with Gasteiger partial charge in [0.15, 0.2) is 10.8 Å². The molecule has 2 saturated heterocycles. The third kappa shape index (κ3) is 2.16. The Morgan fingerprint density at radius 2 is 1.70 bits per heavy atom. The first kappa shape index (κ1) is 18.9. The highest BCUT2D eigenvalue weighted by molar-refractivity contribution is 5.89. The second kappa shape index (κ2) is 6.08. The second-order valence-electron chi connectivity index (χ2n) is 7.87. The standard InChI is InChI=1S/C21H22N4O2/c1-13(2)9-17-19(10-22,11-23)20(12-24)15(4)21(26-17,27-18(20)25)16-7-5-14(3)6-8-16/h5-8,13,15,17,25H,9H2,1-4H3. The molecule has 0 radical (unpaired) electrons. The van der Waals surface area contributed by atoms with Crippen molar-refractivity contribution in [1.82, 2.24) is 0 Å². The minimum atomic E-state index is -1.81. The molecule has 2 aliphatic rings. The Kier molecular flexibility index (Phi) is 4.26. The molecule has 6 heteroatoms. The summed E-state index contributed by atoms with van der Waals surface area (Å²) in [6.45, 7) is 7.61. The van der Waals surface area contributed by atoms with Gasteiger partial charge in [0.25, 0.3) is 0 Å². The zero-order valence-electron chi connectivity index (χ0n) is 15.9. The van der Waals surface area contributed by atoms with Crippen LogP contribution in [0.1, 0.15) is 38.3 Å². The number of nitriles is 3. The number of hydrogen-bond donors (Lipinski definition) is 1. The van der Waals surface area contributed by atoms with E-state index in [1.54, 1.807) is 6.92 Å². The molecule has 2 bridgehead atoms. The second-order valence-corrected chi connectivity index (χ2v) is 7.87. The maximum absolute atomic E-state index is 10.1. The Labute approximate surface area is 159 Å². The smallest absolute Gasteiger partial charge is 0.243 e. The van der Waals surface area contributed by atoms with Gasteiger partial charge in [-0.1, -0.05) is 50.6 Å². The summed E-state index contributed by atoms with van der Waals surface area (Å²) in [4.78, 5) is 0. The molecular formula is C21H22N4O2. The Balaban J connectivity index is 2.29. The SMILES string of the molecule is Cc1ccc(C23OC(=N)C(C#N)(C2C)C(C#N)(C#N)C(CC(C)C)O3)cc1. The summed E-state index contributed by atoms with van der Waals surface area (Å²) in [6, 6.07) is 13.8. The van der Waals surface area contributed by atoms with Gasteiger partial charge in [-0.25, -0.2) is 0 Å². The Hall–Kier alpha value is -2.88. The van der Waals surface area contributed by atoms with Crippen LogP contribution in [0.3, 0.4) is 0 Å². The fourth-order valence-electron chi connectivity index (χ4n) is 4.40. The molecule has 4 unspecified atom stereocenters. The van der Waals surface area contributed by atoms with E-state index in [4.69, 9.17) is 14.9 Å². The van der Waals surface area contributed by atoms with Crippen molar-refractivity contribution in [2.45, 2.75) is 46.0 Å².